The van der Waals surface area contributed by atoms with Crippen LogP contribution in [0.1, 0.15) is 18.7 Å². The first kappa shape index (κ1) is 9.47. The van der Waals surface area contributed by atoms with Gasteiger partial charge < -0.3 is 9.84 Å². The van der Waals surface area contributed by atoms with E-state index >= 15 is 0 Å². The van der Waals surface area contributed by atoms with Crippen LogP contribution in [0, 0.1) is 0 Å². The zero-order valence-electron chi connectivity index (χ0n) is 8.76. The fourth-order valence-corrected chi connectivity index (χ4v) is 1.46. The smallest absolute Gasteiger partial charge is 0.259 e. The molecule has 5 nitrogen and oxygen atoms in total. The van der Waals surface area contributed by atoms with E-state index in [-0.39, 0.29) is 0 Å². The minimum atomic E-state index is 0.528. The molecule has 0 saturated heterocycles. The predicted molar refractivity (Wildman–Crippen MR) is 57.4 cm³/mol. The number of hydrogen-bond donors (Lipinski definition) is 1. The summed E-state index contributed by atoms with van der Waals surface area (Å²) in [6.45, 7) is 0.675. The van der Waals surface area contributed by atoms with Gasteiger partial charge >= 0.3 is 0 Å². The summed E-state index contributed by atoms with van der Waals surface area (Å²) >= 11 is 0. The molecule has 1 fully saturated rings. The second-order valence-electron chi connectivity index (χ2n) is 3.91. The fraction of sp³-hybridized carbons (Fsp3) is 0.364. The summed E-state index contributed by atoms with van der Waals surface area (Å²) in [4.78, 5) is 8.31. The quantitative estimate of drug-likeness (QED) is 0.836. The molecule has 1 aliphatic rings. The maximum atomic E-state index is 5.16. The van der Waals surface area contributed by atoms with Gasteiger partial charge in [-0.15, -0.1) is 0 Å². The van der Waals surface area contributed by atoms with Crippen molar-refractivity contribution < 1.29 is 4.52 Å². The van der Waals surface area contributed by atoms with Crippen LogP contribution in [0.4, 0.5) is 0 Å². The number of rotatable bonds is 4. The molecule has 0 aromatic carbocycles. The van der Waals surface area contributed by atoms with Crippen LogP contribution in [0.5, 0.6) is 0 Å². The van der Waals surface area contributed by atoms with Crippen molar-refractivity contribution >= 4 is 0 Å². The van der Waals surface area contributed by atoms with E-state index < -0.39 is 0 Å². The molecule has 5 heteroatoms. The van der Waals surface area contributed by atoms with Crippen molar-refractivity contribution in [3.05, 3.63) is 30.4 Å². The third-order valence-corrected chi connectivity index (χ3v) is 2.50. The summed E-state index contributed by atoms with van der Waals surface area (Å²) < 4.78 is 5.16. The Bertz CT molecular complexity index is 464. The minimum Gasteiger partial charge on any atom is -0.334 e. The lowest BCUT2D eigenvalue weighted by Crippen LogP contribution is -2.16. The predicted octanol–water partition coefficient (Wildman–Crippen LogP) is 1.38. The highest BCUT2D eigenvalue weighted by atomic mass is 16.5. The Balaban J connectivity index is 1.71. The average molecular weight is 216 g/mol. The Morgan fingerprint density at radius 3 is 3.12 bits per heavy atom. The van der Waals surface area contributed by atoms with E-state index in [0.29, 0.717) is 24.3 Å². The lowest BCUT2D eigenvalue weighted by atomic mass is 10.3. The molecule has 82 valence electrons. The van der Waals surface area contributed by atoms with Crippen LogP contribution in [-0.4, -0.2) is 21.2 Å². The SMILES string of the molecule is c1cncc(-c2nc(CNC3CC3)no2)c1. The number of hydrogen-bond acceptors (Lipinski definition) is 5. The van der Waals surface area contributed by atoms with Crippen molar-refractivity contribution in [1.82, 2.24) is 20.4 Å². The maximum Gasteiger partial charge on any atom is 0.259 e. The third kappa shape index (κ3) is 2.09. The zero-order valence-corrected chi connectivity index (χ0v) is 8.76. The van der Waals surface area contributed by atoms with Crippen LogP contribution in [0.3, 0.4) is 0 Å². The van der Waals surface area contributed by atoms with Crippen molar-refractivity contribution in [3.63, 3.8) is 0 Å². The molecule has 1 N–H and O–H groups in total. The van der Waals surface area contributed by atoms with Gasteiger partial charge in [0.15, 0.2) is 5.82 Å². The zero-order chi connectivity index (χ0) is 10.8. The van der Waals surface area contributed by atoms with Crippen LogP contribution in [0.15, 0.2) is 29.0 Å². The number of pyridine rings is 1. The summed E-state index contributed by atoms with van der Waals surface area (Å²) in [5.41, 5.74) is 0.854. The highest BCUT2D eigenvalue weighted by Gasteiger charge is 2.21. The first-order valence-corrected chi connectivity index (χ1v) is 5.38. The van der Waals surface area contributed by atoms with Gasteiger partial charge in [-0.3, -0.25) is 4.98 Å². The van der Waals surface area contributed by atoms with Gasteiger partial charge in [-0.05, 0) is 25.0 Å². The Labute approximate surface area is 92.9 Å². The highest BCUT2D eigenvalue weighted by Crippen LogP contribution is 2.19. The molecule has 2 aromatic rings. The molecule has 0 bridgehead atoms. The van der Waals surface area contributed by atoms with Gasteiger partial charge in [-0.1, -0.05) is 5.16 Å². The van der Waals surface area contributed by atoms with Gasteiger partial charge in [0.1, 0.15) is 0 Å². The Morgan fingerprint density at radius 2 is 2.38 bits per heavy atom. The minimum absolute atomic E-state index is 0.528. The van der Waals surface area contributed by atoms with E-state index in [1.54, 1.807) is 12.4 Å². The first-order valence-electron chi connectivity index (χ1n) is 5.38. The van der Waals surface area contributed by atoms with Crippen molar-refractivity contribution in [2.24, 2.45) is 0 Å². The van der Waals surface area contributed by atoms with Gasteiger partial charge in [-0.25, -0.2) is 0 Å². The van der Waals surface area contributed by atoms with Crippen LogP contribution < -0.4 is 5.32 Å². The van der Waals surface area contributed by atoms with Gasteiger partial charge in [0.05, 0.1) is 12.1 Å². The Hall–Kier alpha value is -1.75. The molecule has 0 atom stereocenters. The topological polar surface area (TPSA) is 63.8 Å². The van der Waals surface area contributed by atoms with Crippen molar-refractivity contribution in [1.29, 1.82) is 0 Å². The van der Waals surface area contributed by atoms with E-state index in [1.165, 1.54) is 12.8 Å². The molecule has 2 heterocycles. The molecule has 1 saturated carbocycles. The monoisotopic (exact) mass is 216 g/mol. The molecule has 0 unspecified atom stereocenters. The van der Waals surface area contributed by atoms with Gasteiger partial charge in [0, 0.05) is 18.4 Å². The summed E-state index contributed by atoms with van der Waals surface area (Å²) in [5, 5.41) is 7.25. The number of nitrogens with one attached hydrogen (secondary N) is 1. The molecule has 0 spiro atoms. The molecule has 0 radical (unpaired) electrons. The normalized spacial score (nSPS) is 15.2. The van der Waals surface area contributed by atoms with E-state index in [9.17, 15) is 0 Å². The van der Waals surface area contributed by atoms with Crippen LogP contribution in [0.25, 0.3) is 11.5 Å². The van der Waals surface area contributed by atoms with Crippen molar-refractivity contribution in [2.45, 2.75) is 25.4 Å². The number of aromatic nitrogens is 3. The lowest BCUT2D eigenvalue weighted by molar-refractivity contribution is 0.419. The second kappa shape index (κ2) is 4.02. The standard InChI is InChI=1S/C11H12N4O/c1-2-8(6-12-5-1)11-14-10(15-16-11)7-13-9-3-4-9/h1-2,5-6,9,13H,3-4,7H2. The summed E-state index contributed by atoms with van der Waals surface area (Å²) in [6.07, 6.45) is 5.95. The molecule has 3 rings (SSSR count). The Kier molecular flexibility index (Phi) is 2.38. The lowest BCUT2D eigenvalue weighted by Gasteiger charge is -1.94. The van der Waals surface area contributed by atoms with E-state index in [4.69, 9.17) is 4.52 Å². The van der Waals surface area contributed by atoms with Crippen molar-refractivity contribution in [3.8, 4) is 11.5 Å². The fourth-order valence-electron chi connectivity index (χ4n) is 1.46. The average Bonchev–Trinajstić information content (AvgIpc) is 3.05. The van der Waals surface area contributed by atoms with E-state index in [1.807, 2.05) is 12.1 Å². The second-order valence-corrected chi connectivity index (χ2v) is 3.91. The highest BCUT2D eigenvalue weighted by molar-refractivity contribution is 5.50. The Morgan fingerprint density at radius 1 is 1.44 bits per heavy atom. The van der Waals surface area contributed by atoms with Crippen LogP contribution in [0.2, 0.25) is 0 Å². The van der Waals surface area contributed by atoms with Crippen molar-refractivity contribution in [2.75, 3.05) is 0 Å². The summed E-state index contributed by atoms with van der Waals surface area (Å²) in [5.74, 6) is 1.23. The number of nitrogens with zero attached hydrogens (tertiary/aromatic N) is 3. The molecule has 2 aromatic heterocycles. The molecule has 16 heavy (non-hydrogen) atoms. The van der Waals surface area contributed by atoms with Crippen LogP contribution in [-0.2, 0) is 6.54 Å². The third-order valence-electron chi connectivity index (χ3n) is 2.50. The summed E-state index contributed by atoms with van der Waals surface area (Å²) in [6, 6.07) is 4.40. The largest absolute Gasteiger partial charge is 0.334 e. The van der Waals surface area contributed by atoms with E-state index in [2.05, 4.69) is 20.4 Å². The van der Waals surface area contributed by atoms with Gasteiger partial charge in [-0.2, -0.15) is 4.98 Å². The molecular weight excluding hydrogens is 204 g/mol. The molecule has 0 amide bonds. The molecule has 0 aliphatic heterocycles. The maximum absolute atomic E-state index is 5.16. The van der Waals surface area contributed by atoms with Gasteiger partial charge in [0.25, 0.3) is 5.89 Å². The summed E-state index contributed by atoms with van der Waals surface area (Å²) in [7, 11) is 0. The van der Waals surface area contributed by atoms with Gasteiger partial charge in [0.2, 0.25) is 0 Å². The van der Waals surface area contributed by atoms with Crippen LogP contribution >= 0.6 is 0 Å². The van der Waals surface area contributed by atoms with E-state index in [0.717, 1.165) is 5.56 Å². The molecule has 1 aliphatic carbocycles. The molecular formula is C11H12N4O. The first-order chi connectivity index (χ1) is 7.92.